The topological polar surface area (TPSA) is 102 Å². The molecule has 0 spiro atoms. The van der Waals surface area contributed by atoms with Crippen LogP contribution in [0.3, 0.4) is 0 Å². The van der Waals surface area contributed by atoms with Crippen LogP contribution in [-0.2, 0) is 9.53 Å². The lowest BCUT2D eigenvalue weighted by molar-refractivity contribution is -0.123. The van der Waals surface area contributed by atoms with E-state index in [-0.39, 0.29) is 17.6 Å². The Balaban J connectivity index is 1.49. The molecule has 5 rings (SSSR count). The summed E-state index contributed by atoms with van der Waals surface area (Å²) in [5.41, 5.74) is 6.48. The van der Waals surface area contributed by atoms with Crippen molar-refractivity contribution in [1.82, 2.24) is 9.88 Å². The number of halogens is 1. The second-order valence-electron chi connectivity index (χ2n) is 8.80. The highest BCUT2D eigenvalue weighted by Crippen LogP contribution is 2.40. The Hall–Kier alpha value is -2.94. The van der Waals surface area contributed by atoms with Crippen LogP contribution in [0.2, 0.25) is 5.02 Å². The summed E-state index contributed by atoms with van der Waals surface area (Å²) >= 11 is 6.06. The molecule has 3 heterocycles. The van der Waals surface area contributed by atoms with Crippen molar-refractivity contribution in [1.29, 1.82) is 0 Å². The molecule has 1 aromatic carbocycles. The van der Waals surface area contributed by atoms with E-state index in [0.717, 1.165) is 52.0 Å². The van der Waals surface area contributed by atoms with Gasteiger partial charge in [0.1, 0.15) is 17.1 Å². The summed E-state index contributed by atoms with van der Waals surface area (Å²) in [6.45, 7) is 3.40. The molecule has 2 N–H and O–H groups in total. The highest BCUT2D eigenvalue weighted by molar-refractivity contribution is 6.30. The number of amides is 2. The number of nitrogens with zero attached hydrogens (tertiary/aromatic N) is 3. The van der Waals surface area contributed by atoms with Gasteiger partial charge in [-0.15, -0.1) is 0 Å². The summed E-state index contributed by atoms with van der Waals surface area (Å²) < 4.78 is 11.3. The number of ether oxygens (including phenoxy) is 1. The standard InChI is InChI=1S/C25H27ClN4O4/c26-17-7-10-21(28-15-17)30(22-19-3-1-2-4-20(19)34-23(22)24(27)31)25(32)16-5-8-18(9-6-16)29-11-13-33-14-12-29/h1-4,7,10,15-16,18H,5-6,8-9,11-14H2,(H2,27,31). The van der Waals surface area contributed by atoms with E-state index < -0.39 is 5.91 Å². The van der Waals surface area contributed by atoms with Gasteiger partial charge < -0.3 is 14.9 Å². The number of rotatable bonds is 5. The highest BCUT2D eigenvalue weighted by Gasteiger charge is 2.36. The molecule has 9 heteroatoms. The van der Waals surface area contributed by atoms with E-state index in [4.69, 9.17) is 26.5 Å². The molecule has 2 aromatic heterocycles. The van der Waals surface area contributed by atoms with Crippen molar-refractivity contribution in [3.05, 3.63) is 53.4 Å². The number of aromatic nitrogens is 1. The monoisotopic (exact) mass is 482 g/mol. The van der Waals surface area contributed by atoms with Crippen LogP contribution in [0.1, 0.15) is 36.2 Å². The number of hydrogen-bond donors (Lipinski definition) is 1. The van der Waals surface area contributed by atoms with Gasteiger partial charge in [-0.1, -0.05) is 23.7 Å². The number of morpholine rings is 1. The van der Waals surface area contributed by atoms with E-state index in [1.165, 1.54) is 11.1 Å². The molecule has 3 aromatic rings. The molecular formula is C25H27ClN4O4. The van der Waals surface area contributed by atoms with Gasteiger partial charge in [0.15, 0.2) is 0 Å². The molecule has 2 aliphatic rings. The van der Waals surface area contributed by atoms with Gasteiger partial charge in [-0.05, 0) is 49.9 Å². The van der Waals surface area contributed by atoms with Crippen LogP contribution in [0.4, 0.5) is 11.5 Å². The number of para-hydroxylation sites is 1. The predicted molar refractivity (Wildman–Crippen MR) is 129 cm³/mol. The zero-order valence-corrected chi connectivity index (χ0v) is 19.5. The Morgan fingerprint density at radius 1 is 1.06 bits per heavy atom. The number of carbonyl (C=O) groups excluding carboxylic acids is 2. The molecule has 1 aliphatic heterocycles. The van der Waals surface area contributed by atoms with Crippen LogP contribution in [0.15, 0.2) is 47.0 Å². The average molecular weight is 483 g/mol. The van der Waals surface area contributed by atoms with Gasteiger partial charge in [0.05, 0.1) is 18.2 Å². The number of furan rings is 1. The number of hydrogen-bond acceptors (Lipinski definition) is 6. The van der Waals surface area contributed by atoms with E-state index in [1.54, 1.807) is 24.3 Å². The molecule has 0 atom stereocenters. The first-order valence-electron chi connectivity index (χ1n) is 11.6. The molecule has 1 aliphatic carbocycles. The van der Waals surface area contributed by atoms with Crippen molar-refractivity contribution < 1.29 is 18.7 Å². The summed E-state index contributed by atoms with van der Waals surface area (Å²) in [7, 11) is 0. The number of pyridine rings is 1. The molecule has 0 bridgehead atoms. The quantitative estimate of drug-likeness (QED) is 0.586. The molecule has 2 amide bonds. The minimum Gasteiger partial charge on any atom is -0.449 e. The molecule has 1 saturated heterocycles. The largest absolute Gasteiger partial charge is 0.449 e. The van der Waals surface area contributed by atoms with Crippen molar-refractivity contribution >= 4 is 45.9 Å². The van der Waals surface area contributed by atoms with Crippen molar-refractivity contribution in [2.75, 3.05) is 31.2 Å². The summed E-state index contributed by atoms with van der Waals surface area (Å²) in [5, 5.41) is 1.08. The van der Waals surface area contributed by atoms with Crippen molar-refractivity contribution in [2.45, 2.75) is 31.7 Å². The minimum absolute atomic E-state index is 0.0618. The first-order chi connectivity index (χ1) is 16.5. The smallest absolute Gasteiger partial charge is 0.286 e. The first-order valence-corrected chi connectivity index (χ1v) is 12.0. The SMILES string of the molecule is NC(=O)c1oc2ccccc2c1N(C(=O)C1CCC(N2CCOCC2)CC1)c1ccc(Cl)cn1. The Kier molecular flexibility index (Phi) is 6.54. The highest BCUT2D eigenvalue weighted by atomic mass is 35.5. The lowest BCUT2D eigenvalue weighted by Crippen LogP contribution is -2.46. The molecular weight excluding hydrogens is 456 g/mol. The zero-order chi connectivity index (χ0) is 23.7. The van der Waals surface area contributed by atoms with E-state index in [9.17, 15) is 9.59 Å². The summed E-state index contributed by atoms with van der Waals surface area (Å²) in [6, 6.07) is 11.0. The zero-order valence-electron chi connectivity index (χ0n) is 18.8. The van der Waals surface area contributed by atoms with Gasteiger partial charge >= 0.3 is 0 Å². The fraction of sp³-hybridized carbons (Fsp3) is 0.400. The van der Waals surface area contributed by atoms with Gasteiger partial charge in [-0.3, -0.25) is 19.4 Å². The van der Waals surface area contributed by atoms with Gasteiger partial charge in [0, 0.05) is 36.6 Å². The van der Waals surface area contributed by atoms with Gasteiger partial charge in [-0.2, -0.15) is 0 Å². The normalized spacial score (nSPS) is 21.4. The molecule has 1 saturated carbocycles. The molecule has 34 heavy (non-hydrogen) atoms. The number of fused-ring (bicyclic) bond motifs is 1. The third-order valence-electron chi connectivity index (χ3n) is 6.79. The first kappa shape index (κ1) is 22.8. The summed E-state index contributed by atoms with van der Waals surface area (Å²) in [6.07, 6.45) is 4.87. The summed E-state index contributed by atoms with van der Waals surface area (Å²) in [5.74, 6) is -0.755. The number of anilines is 2. The second-order valence-corrected chi connectivity index (χ2v) is 9.24. The second kappa shape index (κ2) is 9.74. The lowest BCUT2D eigenvalue weighted by atomic mass is 9.84. The third kappa shape index (κ3) is 4.41. The van der Waals surface area contributed by atoms with E-state index >= 15 is 0 Å². The molecule has 2 fully saturated rings. The van der Waals surface area contributed by atoms with Crippen LogP contribution >= 0.6 is 11.6 Å². The van der Waals surface area contributed by atoms with Gasteiger partial charge in [0.25, 0.3) is 5.91 Å². The lowest BCUT2D eigenvalue weighted by Gasteiger charge is -2.39. The van der Waals surface area contributed by atoms with Crippen LogP contribution in [0.5, 0.6) is 0 Å². The Morgan fingerprint density at radius 3 is 2.47 bits per heavy atom. The van der Waals surface area contributed by atoms with E-state index in [2.05, 4.69) is 9.88 Å². The molecule has 8 nitrogen and oxygen atoms in total. The van der Waals surface area contributed by atoms with Crippen LogP contribution in [0, 0.1) is 5.92 Å². The van der Waals surface area contributed by atoms with Crippen molar-refractivity contribution in [3.8, 4) is 0 Å². The van der Waals surface area contributed by atoms with Crippen molar-refractivity contribution in [3.63, 3.8) is 0 Å². The third-order valence-corrected chi connectivity index (χ3v) is 7.01. The maximum absolute atomic E-state index is 14.0. The van der Waals surface area contributed by atoms with Gasteiger partial charge in [0.2, 0.25) is 11.7 Å². The molecule has 178 valence electrons. The average Bonchev–Trinajstić information content (AvgIpc) is 3.26. The number of benzene rings is 1. The maximum Gasteiger partial charge on any atom is 0.286 e. The Labute approximate surface area is 202 Å². The van der Waals surface area contributed by atoms with E-state index in [1.807, 2.05) is 12.1 Å². The number of nitrogens with two attached hydrogens (primary N) is 1. The van der Waals surface area contributed by atoms with Crippen molar-refractivity contribution in [2.24, 2.45) is 11.7 Å². The number of primary amides is 1. The fourth-order valence-corrected chi connectivity index (χ4v) is 5.18. The molecule has 0 radical (unpaired) electrons. The maximum atomic E-state index is 14.0. The van der Waals surface area contributed by atoms with Crippen LogP contribution in [-0.4, -0.2) is 54.0 Å². The summed E-state index contributed by atoms with van der Waals surface area (Å²) in [4.78, 5) is 34.7. The van der Waals surface area contributed by atoms with Gasteiger partial charge in [-0.25, -0.2) is 4.98 Å². The Bertz CT molecular complexity index is 1180. The Morgan fingerprint density at radius 2 is 1.79 bits per heavy atom. The van der Waals surface area contributed by atoms with Crippen LogP contribution in [0.25, 0.3) is 11.0 Å². The van der Waals surface area contributed by atoms with E-state index in [0.29, 0.717) is 33.5 Å². The fourth-order valence-electron chi connectivity index (χ4n) is 5.07. The number of carbonyl (C=O) groups is 2. The predicted octanol–water partition coefficient (Wildman–Crippen LogP) is 4.14. The van der Waals surface area contributed by atoms with Crippen LogP contribution < -0.4 is 10.6 Å². The molecule has 0 unspecified atom stereocenters. The minimum atomic E-state index is -0.742.